The smallest absolute Gasteiger partial charge is 0.492 e. The number of pyridine rings is 1. The molecule has 2 fully saturated rings. The van der Waals surface area contributed by atoms with Gasteiger partial charge in [-0.05, 0) is 25.3 Å². The normalized spacial score (nSPS) is 27.5. The summed E-state index contributed by atoms with van der Waals surface area (Å²) in [4.78, 5) is 25.6. The topological polar surface area (TPSA) is 107 Å². The first-order valence-corrected chi connectivity index (χ1v) is 10.1. The highest BCUT2D eigenvalue weighted by atomic mass is 19.1. The fraction of sp³-hybridized carbons (Fsp3) is 0.524. The molecule has 0 bridgehead atoms. The summed E-state index contributed by atoms with van der Waals surface area (Å²) in [6, 6.07) is 0.400. The molecule has 0 spiro atoms. The van der Waals surface area contributed by atoms with E-state index in [0.29, 0.717) is 13.1 Å². The van der Waals surface area contributed by atoms with Gasteiger partial charge in [0.15, 0.2) is 17.3 Å². The molecule has 31 heavy (non-hydrogen) atoms. The number of alkyl halides is 1. The van der Waals surface area contributed by atoms with E-state index in [0.717, 1.165) is 18.7 Å². The number of carbonyl (C=O) groups is 1. The zero-order valence-electron chi connectivity index (χ0n) is 17.5. The molecule has 0 radical (unpaired) electrons. The number of carboxylic acid groups (broad SMARTS) is 1. The SMILES string of the molecule is CCC1CN(c2c(F)cc3c(=O)c(OC(=O)O)cn([C@@H]4C[C@@H]4F)c3c2OC)CC1(C)N. The molecule has 2 aromatic rings. The quantitative estimate of drug-likeness (QED) is 0.693. The van der Waals surface area contributed by atoms with Crippen LogP contribution in [0.2, 0.25) is 0 Å². The molecule has 1 aliphatic heterocycles. The van der Waals surface area contributed by atoms with Crippen molar-refractivity contribution < 1.29 is 28.2 Å². The molecule has 1 aliphatic carbocycles. The molecule has 4 rings (SSSR count). The zero-order valence-corrected chi connectivity index (χ0v) is 17.5. The predicted molar refractivity (Wildman–Crippen MR) is 111 cm³/mol. The highest BCUT2D eigenvalue weighted by Crippen LogP contribution is 2.47. The van der Waals surface area contributed by atoms with Crippen LogP contribution in [0.4, 0.5) is 19.3 Å². The molecule has 1 aromatic heterocycles. The second-order valence-corrected chi connectivity index (χ2v) is 8.54. The summed E-state index contributed by atoms with van der Waals surface area (Å²) >= 11 is 0. The maximum Gasteiger partial charge on any atom is 0.511 e. The van der Waals surface area contributed by atoms with E-state index >= 15 is 4.39 Å². The fourth-order valence-corrected chi connectivity index (χ4v) is 4.62. The molecule has 2 heterocycles. The standard InChI is InChI=1S/C21H25F2N3O5/c1-4-10-7-25(9-21(10,2)24)17-13(23)5-11-16(19(17)30-3)26(14-6-12(14)22)8-15(18(11)27)31-20(28)29/h5,8,10,12,14H,4,6-7,9,24H2,1-3H3,(H,28,29)/t10?,12-,14+,21?/m0/s1. The third kappa shape index (κ3) is 3.48. The average molecular weight is 437 g/mol. The van der Waals surface area contributed by atoms with Gasteiger partial charge in [0.05, 0.1) is 30.3 Å². The molecule has 8 nitrogen and oxygen atoms in total. The number of anilines is 1. The van der Waals surface area contributed by atoms with Gasteiger partial charge in [-0.15, -0.1) is 0 Å². The second-order valence-electron chi connectivity index (χ2n) is 8.54. The van der Waals surface area contributed by atoms with E-state index in [1.165, 1.54) is 11.7 Å². The number of rotatable bonds is 5. The van der Waals surface area contributed by atoms with E-state index in [9.17, 15) is 14.0 Å². The number of ether oxygens (including phenoxy) is 2. The van der Waals surface area contributed by atoms with Gasteiger partial charge in [-0.1, -0.05) is 6.92 Å². The number of hydrogen-bond acceptors (Lipinski definition) is 6. The van der Waals surface area contributed by atoms with E-state index in [1.807, 2.05) is 13.8 Å². The highest BCUT2D eigenvalue weighted by molar-refractivity contribution is 5.92. The van der Waals surface area contributed by atoms with Crippen molar-refractivity contribution in [3.8, 4) is 11.5 Å². The first-order valence-electron chi connectivity index (χ1n) is 10.1. The van der Waals surface area contributed by atoms with Crippen molar-refractivity contribution in [1.29, 1.82) is 0 Å². The Balaban J connectivity index is 1.98. The van der Waals surface area contributed by atoms with Crippen LogP contribution in [0, 0.1) is 11.7 Å². The third-order valence-electron chi connectivity index (χ3n) is 6.32. The molecule has 1 saturated carbocycles. The molecule has 1 aromatic carbocycles. The summed E-state index contributed by atoms with van der Waals surface area (Å²) in [5.41, 5.74) is 5.42. The van der Waals surface area contributed by atoms with E-state index in [1.54, 1.807) is 4.90 Å². The van der Waals surface area contributed by atoms with Crippen LogP contribution in [-0.2, 0) is 0 Å². The van der Waals surface area contributed by atoms with E-state index < -0.39 is 40.9 Å². The largest absolute Gasteiger partial charge is 0.511 e. The Kier molecular flexibility index (Phi) is 5.07. The Morgan fingerprint density at radius 3 is 2.65 bits per heavy atom. The molecule has 2 aliphatic rings. The van der Waals surface area contributed by atoms with Gasteiger partial charge >= 0.3 is 6.16 Å². The van der Waals surface area contributed by atoms with Crippen molar-refractivity contribution in [3.05, 3.63) is 28.3 Å². The Hall–Kier alpha value is -2.88. The van der Waals surface area contributed by atoms with Crippen LogP contribution < -0.4 is 25.5 Å². The summed E-state index contributed by atoms with van der Waals surface area (Å²) in [6.07, 6.45) is -0.718. The summed E-state index contributed by atoms with van der Waals surface area (Å²) in [5, 5.41) is 8.80. The van der Waals surface area contributed by atoms with Crippen molar-refractivity contribution >= 4 is 22.7 Å². The van der Waals surface area contributed by atoms with Gasteiger partial charge in [0.25, 0.3) is 0 Å². The van der Waals surface area contributed by atoms with Crippen LogP contribution in [0.3, 0.4) is 0 Å². The second kappa shape index (κ2) is 7.37. The number of aromatic nitrogens is 1. The minimum Gasteiger partial charge on any atom is -0.492 e. The molecular formula is C21H25F2N3O5. The lowest BCUT2D eigenvalue weighted by molar-refractivity contribution is 0.143. The zero-order chi connectivity index (χ0) is 22.7. The first-order chi connectivity index (χ1) is 14.6. The van der Waals surface area contributed by atoms with Gasteiger partial charge in [-0.25, -0.2) is 13.6 Å². The van der Waals surface area contributed by atoms with Crippen molar-refractivity contribution in [2.75, 3.05) is 25.1 Å². The highest BCUT2D eigenvalue weighted by Gasteiger charge is 2.43. The van der Waals surface area contributed by atoms with Crippen LogP contribution in [0.15, 0.2) is 17.1 Å². The van der Waals surface area contributed by atoms with Gasteiger partial charge in [0.2, 0.25) is 5.43 Å². The molecule has 10 heteroatoms. The molecule has 1 saturated heterocycles. The Morgan fingerprint density at radius 2 is 2.13 bits per heavy atom. The number of hydrogen-bond donors (Lipinski definition) is 2. The fourth-order valence-electron chi connectivity index (χ4n) is 4.62. The number of nitrogens with two attached hydrogens (primary N) is 1. The van der Waals surface area contributed by atoms with Gasteiger partial charge in [0.1, 0.15) is 11.9 Å². The van der Waals surface area contributed by atoms with Crippen molar-refractivity contribution in [2.45, 2.75) is 44.4 Å². The monoisotopic (exact) mass is 437 g/mol. The lowest BCUT2D eigenvalue weighted by Crippen LogP contribution is -2.44. The van der Waals surface area contributed by atoms with E-state index in [4.69, 9.17) is 15.6 Å². The summed E-state index contributed by atoms with van der Waals surface area (Å²) in [6.45, 7) is 4.81. The van der Waals surface area contributed by atoms with Crippen molar-refractivity contribution in [2.24, 2.45) is 11.7 Å². The third-order valence-corrected chi connectivity index (χ3v) is 6.32. The van der Waals surface area contributed by atoms with Crippen molar-refractivity contribution in [3.63, 3.8) is 0 Å². The van der Waals surface area contributed by atoms with E-state index in [-0.39, 0.29) is 34.7 Å². The lowest BCUT2D eigenvalue weighted by atomic mass is 9.88. The molecule has 0 amide bonds. The van der Waals surface area contributed by atoms with Crippen LogP contribution in [0.5, 0.6) is 11.5 Å². The number of benzene rings is 1. The van der Waals surface area contributed by atoms with Crippen LogP contribution in [0.25, 0.3) is 10.9 Å². The minimum absolute atomic E-state index is 0.0839. The number of methoxy groups -OCH3 is 1. The molecule has 2 unspecified atom stereocenters. The Labute approximate surface area is 177 Å². The molecular weight excluding hydrogens is 412 g/mol. The number of halogens is 2. The summed E-state index contributed by atoms with van der Waals surface area (Å²) in [7, 11) is 1.35. The Bertz CT molecular complexity index is 1120. The maximum absolute atomic E-state index is 15.4. The lowest BCUT2D eigenvalue weighted by Gasteiger charge is -2.26. The molecule has 168 valence electrons. The first kappa shape index (κ1) is 21.4. The molecule has 3 N–H and O–H groups in total. The van der Waals surface area contributed by atoms with Gasteiger partial charge in [-0.2, -0.15) is 0 Å². The summed E-state index contributed by atoms with van der Waals surface area (Å²) < 4.78 is 40.9. The van der Waals surface area contributed by atoms with Crippen LogP contribution in [-0.4, -0.2) is 47.7 Å². The van der Waals surface area contributed by atoms with Crippen LogP contribution >= 0.6 is 0 Å². The predicted octanol–water partition coefficient (Wildman–Crippen LogP) is 3.05. The van der Waals surface area contributed by atoms with E-state index in [2.05, 4.69) is 4.74 Å². The van der Waals surface area contributed by atoms with Gasteiger partial charge in [-0.3, -0.25) is 4.79 Å². The van der Waals surface area contributed by atoms with Crippen LogP contribution in [0.1, 0.15) is 32.7 Å². The summed E-state index contributed by atoms with van der Waals surface area (Å²) in [5.74, 6) is -1.02. The molecule has 4 atom stereocenters. The van der Waals surface area contributed by atoms with Crippen molar-refractivity contribution in [1.82, 2.24) is 4.57 Å². The maximum atomic E-state index is 15.4. The minimum atomic E-state index is -1.69. The Morgan fingerprint density at radius 1 is 1.45 bits per heavy atom. The van der Waals surface area contributed by atoms with Gasteiger partial charge < -0.3 is 29.8 Å². The average Bonchev–Trinajstić information content (AvgIpc) is 3.33. The number of fused-ring (bicyclic) bond motifs is 1. The number of nitrogens with zero attached hydrogens (tertiary/aromatic N) is 2. The van der Waals surface area contributed by atoms with Gasteiger partial charge in [0, 0.05) is 25.0 Å².